The summed E-state index contributed by atoms with van der Waals surface area (Å²) in [6, 6.07) is 8.45. The topological polar surface area (TPSA) is 37.4 Å². The molecule has 0 fully saturated rings. The minimum Gasteiger partial charge on any atom is -0.496 e. The molecule has 1 aliphatic heterocycles. The lowest BCUT2D eigenvalue weighted by molar-refractivity contribution is 0.404. The summed E-state index contributed by atoms with van der Waals surface area (Å²) in [5.41, 5.74) is 5.38. The number of hydrogen-bond acceptors (Lipinski definition) is 4. The molecule has 0 bridgehead atoms. The van der Waals surface area contributed by atoms with E-state index in [-0.39, 0.29) is 0 Å². The quantitative estimate of drug-likeness (QED) is 0.919. The van der Waals surface area contributed by atoms with Crippen molar-refractivity contribution in [1.82, 2.24) is 10.3 Å². The van der Waals surface area contributed by atoms with Gasteiger partial charge in [-0.15, -0.1) is 0 Å². The Morgan fingerprint density at radius 2 is 2.00 bits per heavy atom. The average Bonchev–Trinajstić information content (AvgIpc) is 2.59. The fourth-order valence-corrected chi connectivity index (χ4v) is 3.07. The van der Waals surface area contributed by atoms with Crippen LogP contribution in [0.4, 0.5) is 5.69 Å². The van der Waals surface area contributed by atoms with Gasteiger partial charge in [-0.05, 0) is 54.8 Å². The number of methoxy groups -OCH3 is 1. The van der Waals surface area contributed by atoms with Crippen LogP contribution in [-0.4, -0.2) is 32.2 Å². The van der Waals surface area contributed by atoms with Gasteiger partial charge < -0.3 is 15.0 Å². The molecule has 0 saturated carbocycles. The van der Waals surface area contributed by atoms with Gasteiger partial charge >= 0.3 is 0 Å². The number of ether oxygens (including phenoxy) is 1. The molecule has 3 rings (SSSR count). The van der Waals surface area contributed by atoms with E-state index in [4.69, 9.17) is 4.74 Å². The van der Waals surface area contributed by atoms with Gasteiger partial charge in [-0.25, -0.2) is 0 Å². The lowest BCUT2D eigenvalue weighted by Gasteiger charge is -2.28. The van der Waals surface area contributed by atoms with Crippen LogP contribution < -0.4 is 15.0 Å². The molecule has 116 valence electrons. The van der Waals surface area contributed by atoms with Crippen LogP contribution in [0.2, 0.25) is 0 Å². The summed E-state index contributed by atoms with van der Waals surface area (Å²) in [6.07, 6.45) is 5.80. The van der Waals surface area contributed by atoms with E-state index < -0.39 is 0 Å². The van der Waals surface area contributed by atoms with Crippen molar-refractivity contribution in [1.29, 1.82) is 0 Å². The Kier molecular flexibility index (Phi) is 4.59. The molecule has 0 spiro atoms. The predicted octanol–water partition coefficient (Wildman–Crippen LogP) is 2.41. The molecule has 0 unspecified atom stereocenters. The fourth-order valence-electron chi connectivity index (χ4n) is 3.07. The van der Waals surface area contributed by atoms with Gasteiger partial charge in [-0.1, -0.05) is 0 Å². The molecule has 2 aromatic rings. The van der Waals surface area contributed by atoms with Crippen LogP contribution >= 0.6 is 0 Å². The summed E-state index contributed by atoms with van der Waals surface area (Å²) in [4.78, 5) is 6.42. The van der Waals surface area contributed by atoms with E-state index in [0.717, 1.165) is 38.2 Å². The standard InChI is InChI=1S/C18H23N3O/c1-21(12-8-14-5-9-19-10-6-14)17-3-4-18(22-2)16-13-20-11-7-15(16)17/h3-6,9-10,20H,7-8,11-13H2,1-2H3. The Labute approximate surface area is 132 Å². The number of benzene rings is 1. The van der Waals surface area contributed by atoms with Crippen molar-refractivity contribution in [2.24, 2.45) is 0 Å². The van der Waals surface area contributed by atoms with E-state index in [1.807, 2.05) is 12.4 Å². The number of anilines is 1. The van der Waals surface area contributed by atoms with E-state index in [1.165, 1.54) is 22.4 Å². The maximum absolute atomic E-state index is 5.51. The first kappa shape index (κ1) is 14.9. The van der Waals surface area contributed by atoms with E-state index in [9.17, 15) is 0 Å². The van der Waals surface area contributed by atoms with Crippen molar-refractivity contribution in [3.8, 4) is 5.75 Å². The molecule has 4 heteroatoms. The Hall–Kier alpha value is -2.07. The molecular formula is C18H23N3O. The maximum atomic E-state index is 5.51. The second-order valence-corrected chi connectivity index (χ2v) is 5.70. The zero-order valence-electron chi connectivity index (χ0n) is 13.3. The van der Waals surface area contributed by atoms with Crippen LogP contribution in [-0.2, 0) is 19.4 Å². The maximum Gasteiger partial charge on any atom is 0.123 e. The van der Waals surface area contributed by atoms with E-state index in [0.29, 0.717) is 0 Å². The molecule has 22 heavy (non-hydrogen) atoms. The number of rotatable bonds is 5. The number of hydrogen-bond donors (Lipinski definition) is 1. The molecule has 1 aromatic heterocycles. The molecule has 0 saturated heterocycles. The monoisotopic (exact) mass is 297 g/mol. The highest BCUT2D eigenvalue weighted by molar-refractivity contribution is 5.61. The fraction of sp³-hybridized carbons (Fsp3) is 0.389. The van der Waals surface area contributed by atoms with Crippen LogP contribution in [0.15, 0.2) is 36.7 Å². The molecular weight excluding hydrogens is 274 g/mol. The van der Waals surface area contributed by atoms with Gasteiger partial charge in [0, 0.05) is 43.8 Å². The first-order valence-electron chi connectivity index (χ1n) is 7.79. The molecule has 0 amide bonds. The first-order valence-corrected chi connectivity index (χ1v) is 7.79. The second kappa shape index (κ2) is 6.79. The van der Waals surface area contributed by atoms with Crippen molar-refractivity contribution in [2.75, 3.05) is 32.1 Å². The number of pyridine rings is 1. The van der Waals surface area contributed by atoms with Gasteiger partial charge in [-0.3, -0.25) is 4.98 Å². The van der Waals surface area contributed by atoms with Crippen molar-refractivity contribution in [3.05, 3.63) is 53.3 Å². The molecule has 2 heterocycles. The summed E-state index contributed by atoms with van der Waals surface area (Å²) in [5, 5.41) is 3.43. The summed E-state index contributed by atoms with van der Waals surface area (Å²) < 4.78 is 5.51. The third-order valence-corrected chi connectivity index (χ3v) is 4.33. The number of nitrogens with zero attached hydrogens (tertiary/aromatic N) is 2. The van der Waals surface area contributed by atoms with Gasteiger partial charge in [-0.2, -0.15) is 0 Å². The van der Waals surface area contributed by atoms with Crippen molar-refractivity contribution < 1.29 is 4.74 Å². The van der Waals surface area contributed by atoms with Crippen LogP contribution in [0.3, 0.4) is 0 Å². The highest BCUT2D eigenvalue weighted by Gasteiger charge is 2.19. The minimum atomic E-state index is 0.893. The normalized spacial score (nSPS) is 13.5. The largest absolute Gasteiger partial charge is 0.496 e. The van der Waals surface area contributed by atoms with Crippen molar-refractivity contribution >= 4 is 5.69 Å². The summed E-state index contributed by atoms with van der Waals surface area (Å²) in [7, 11) is 3.92. The van der Waals surface area contributed by atoms with Gasteiger partial charge in [0.25, 0.3) is 0 Å². The highest BCUT2D eigenvalue weighted by atomic mass is 16.5. The van der Waals surface area contributed by atoms with Gasteiger partial charge in [0.05, 0.1) is 7.11 Å². The van der Waals surface area contributed by atoms with Gasteiger partial charge in [0.1, 0.15) is 5.75 Å². The Bertz CT molecular complexity index is 628. The summed E-state index contributed by atoms with van der Waals surface area (Å²) in [6.45, 7) is 2.92. The van der Waals surface area contributed by atoms with Crippen LogP contribution in [0.5, 0.6) is 5.75 Å². The number of aromatic nitrogens is 1. The second-order valence-electron chi connectivity index (χ2n) is 5.70. The Morgan fingerprint density at radius 3 is 2.77 bits per heavy atom. The van der Waals surface area contributed by atoms with Crippen molar-refractivity contribution in [2.45, 2.75) is 19.4 Å². The lowest BCUT2D eigenvalue weighted by atomic mass is 9.97. The Balaban J connectivity index is 1.79. The molecule has 1 aromatic carbocycles. The minimum absolute atomic E-state index is 0.893. The van der Waals surface area contributed by atoms with E-state index in [2.05, 4.69) is 46.5 Å². The molecule has 0 atom stereocenters. The van der Waals surface area contributed by atoms with Gasteiger partial charge in [0.15, 0.2) is 0 Å². The average molecular weight is 297 g/mol. The van der Waals surface area contributed by atoms with Crippen LogP contribution in [0, 0.1) is 0 Å². The zero-order chi connectivity index (χ0) is 15.4. The number of likely N-dealkylation sites (N-methyl/N-ethyl adjacent to an activating group) is 1. The number of nitrogens with one attached hydrogen (secondary N) is 1. The van der Waals surface area contributed by atoms with E-state index in [1.54, 1.807) is 7.11 Å². The Morgan fingerprint density at radius 1 is 1.18 bits per heavy atom. The number of fused-ring (bicyclic) bond motifs is 1. The SMILES string of the molecule is COc1ccc(N(C)CCc2ccncc2)c2c1CNCC2. The third kappa shape index (κ3) is 3.07. The predicted molar refractivity (Wildman–Crippen MR) is 89.6 cm³/mol. The third-order valence-electron chi connectivity index (χ3n) is 4.33. The summed E-state index contributed by atoms with van der Waals surface area (Å²) in [5.74, 6) is 0.994. The lowest BCUT2D eigenvalue weighted by Crippen LogP contribution is -2.28. The molecule has 1 aliphatic rings. The molecule has 1 N–H and O–H groups in total. The van der Waals surface area contributed by atoms with Crippen molar-refractivity contribution in [3.63, 3.8) is 0 Å². The first-order chi connectivity index (χ1) is 10.8. The van der Waals surface area contributed by atoms with Crippen LogP contribution in [0.1, 0.15) is 16.7 Å². The molecule has 0 radical (unpaired) electrons. The van der Waals surface area contributed by atoms with Crippen LogP contribution in [0.25, 0.3) is 0 Å². The summed E-state index contributed by atoms with van der Waals surface area (Å²) >= 11 is 0. The highest BCUT2D eigenvalue weighted by Crippen LogP contribution is 2.32. The smallest absolute Gasteiger partial charge is 0.123 e. The molecule has 4 nitrogen and oxygen atoms in total. The zero-order valence-corrected chi connectivity index (χ0v) is 13.3. The van der Waals surface area contributed by atoms with E-state index >= 15 is 0 Å². The molecule has 0 aliphatic carbocycles. The van der Waals surface area contributed by atoms with Gasteiger partial charge in [0.2, 0.25) is 0 Å².